The van der Waals surface area contributed by atoms with Crippen molar-refractivity contribution in [3.63, 3.8) is 0 Å². The first-order chi connectivity index (χ1) is 6.40. The summed E-state index contributed by atoms with van der Waals surface area (Å²) in [7, 11) is 0. The van der Waals surface area contributed by atoms with Crippen LogP contribution in [0.5, 0.6) is 0 Å². The van der Waals surface area contributed by atoms with Crippen molar-refractivity contribution < 1.29 is 4.79 Å². The van der Waals surface area contributed by atoms with Crippen LogP contribution in [0, 0.1) is 11.8 Å². The molecule has 0 aliphatic rings. The van der Waals surface area contributed by atoms with Crippen LogP contribution in [-0.4, -0.2) is 16.9 Å². The molecule has 0 rings (SSSR count). The molecular formula is C10H20N2OS. The highest BCUT2D eigenvalue weighted by molar-refractivity contribution is 7.80. The number of amides is 1. The third-order valence-electron chi connectivity index (χ3n) is 2.33. The smallest absolute Gasteiger partial charge is 0.223 e. The fraction of sp³-hybridized carbons (Fsp3) is 0.800. The van der Waals surface area contributed by atoms with Crippen molar-refractivity contribution >= 4 is 23.1 Å². The van der Waals surface area contributed by atoms with Crippen LogP contribution in [0.3, 0.4) is 0 Å². The largest absolute Gasteiger partial charge is 0.392 e. The molecule has 4 heteroatoms. The lowest BCUT2D eigenvalue weighted by Crippen LogP contribution is -2.48. The van der Waals surface area contributed by atoms with Crippen LogP contribution in [-0.2, 0) is 4.79 Å². The third kappa shape index (κ3) is 4.05. The van der Waals surface area contributed by atoms with Gasteiger partial charge in [0, 0.05) is 5.92 Å². The SMILES string of the molecule is CCC(C)C(=O)NC(C(N)=S)C(C)C. The molecule has 3 N–H and O–H groups in total. The molecule has 0 bridgehead atoms. The minimum atomic E-state index is -0.188. The number of rotatable bonds is 5. The number of carbonyl (C=O) groups is 1. The lowest BCUT2D eigenvalue weighted by atomic mass is 10.0. The first-order valence-electron chi connectivity index (χ1n) is 4.99. The zero-order valence-electron chi connectivity index (χ0n) is 9.33. The van der Waals surface area contributed by atoms with E-state index in [2.05, 4.69) is 5.32 Å². The number of thiocarbonyl (C=S) groups is 1. The maximum absolute atomic E-state index is 11.6. The molecule has 82 valence electrons. The maximum atomic E-state index is 11.6. The first-order valence-corrected chi connectivity index (χ1v) is 5.40. The van der Waals surface area contributed by atoms with Crippen molar-refractivity contribution in [1.82, 2.24) is 5.32 Å². The highest BCUT2D eigenvalue weighted by Crippen LogP contribution is 2.06. The van der Waals surface area contributed by atoms with Crippen molar-refractivity contribution in [1.29, 1.82) is 0 Å². The molecule has 0 aromatic carbocycles. The standard InChI is InChI=1S/C10H20N2OS/c1-5-7(4)10(13)12-8(6(2)3)9(11)14/h6-8H,5H2,1-4H3,(H2,11,14)(H,12,13). The van der Waals surface area contributed by atoms with Gasteiger partial charge >= 0.3 is 0 Å². The van der Waals surface area contributed by atoms with Crippen LogP contribution in [0.2, 0.25) is 0 Å². The van der Waals surface area contributed by atoms with E-state index in [1.807, 2.05) is 27.7 Å². The van der Waals surface area contributed by atoms with Crippen molar-refractivity contribution in [2.45, 2.75) is 40.2 Å². The molecule has 0 fully saturated rings. The van der Waals surface area contributed by atoms with E-state index >= 15 is 0 Å². The van der Waals surface area contributed by atoms with Crippen LogP contribution < -0.4 is 11.1 Å². The highest BCUT2D eigenvalue weighted by atomic mass is 32.1. The van der Waals surface area contributed by atoms with Gasteiger partial charge in [-0.2, -0.15) is 0 Å². The lowest BCUT2D eigenvalue weighted by Gasteiger charge is -2.22. The lowest BCUT2D eigenvalue weighted by molar-refractivity contribution is -0.125. The van der Waals surface area contributed by atoms with Gasteiger partial charge in [-0.05, 0) is 12.3 Å². The van der Waals surface area contributed by atoms with E-state index in [1.54, 1.807) is 0 Å². The van der Waals surface area contributed by atoms with Crippen LogP contribution in [0.15, 0.2) is 0 Å². The summed E-state index contributed by atoms with van der Waals surface area (Å²) in [5.74, 6) is 0.283. The summed E-state index contributed by atoms with van der Waals surface area (Å²) >= 11 is 4.90. The van der Waals surface area contributed by atoms with Gasteiger partial charge in [-0.15, -0.1) is 0 Å². The maximum Gasteiger partial charge on any atom is 0.223 e. The van der Waals surface area contributed by atoms with Gasteiger partial charge < -0.3 is 11.1 Å². The Balaban J connectivity index is 4.31. The molecule has 0 aliphatic carbocycles. The summed E-state index contributed by atoms with van der Waals surface area (Å²) in [4.78, 5) is 11.9. The second-order valence-electron chi connectivity index (χ2n) is 3.94. The topological polar surface area (TPSA) is 55.1 Å². The minimum Gasteiger partial charge on any atom is -0.392 e. The van der Waals surface area contributed by atoms with Gasteiger partial charge in [-0.25, -0.2) is 0 Å². The second-order valence-corrected chi connectivity index (χ2v) is 4.41. The number of hydrogen-bond acceptors (Lipinski definition) is 2. The Morgan fingerprint density at radius 3 is 2.21 bits per heavy atom. The Morgan fingerprint density at radius 1 is 1.43 bits per heavy atom. The Bertz CT molecular complexity index is 216. The van der Waals surface area contributed by atoms with Gasteiger partial charge in [-0.1, -0.05) is 39.9 Å². The van der Waals surface area contributed by atoms with E-state index in [9.17, 15) is 4.79 Å². The van der Waals surface area contributed by atoms with Gasteiger partial charge in [0.15, 0.2) is 0 Å². The molecular weight excluding hydrogens is 196 g/mol. The van der Waals surface area contributed by atoms with Crippen LogP contribution in [0.4, 0.5) is 0 Å². The molecule has 2 atom stereocenters. The van der Waals surface area contributed by atoms with E-state index in [4.69, 9.17) is 18.0 Å². The Labute approximate surface area is 91.4 Å². The van der Waals surface area contributed by atoms with Crippen LogP contribution in [0.25, 0.3) is 0 Å². The van der Waals surface area contributed by atoms with E-state index in [1.165, 1.54) is 0 Å². The van der Waals surface area contributed by atoms with E-state index in [-0.39, 0.29) is 23.8 Å². The Hall–Kier alpha value is -0.640. The van der Waals surface area contributed by atoms with E-state index < -0.39 is 0 Å². The van der Waals surface area contributed by atoms with Crippen molar-refractivity contribution in [2.75, 3.05) is 0 Å². The quantitative estimate of drug-likeness (QED) is 0.684. The molecule has 1 amide bonds. The zero-order valence-corrected chi connectivity index (χ0v) is 10.1. The minimum absolute atomic E-state index is 0.0191. The molecule has 0 heterocycles. The monoisotopic (exact) mass is 216 g/mol. The van der Waals surface area contributed by atoms with Crippen LogP contribution >= 0.6 is 12.2 Å². The average Bonchev–Trinajstić information content (AvgIpc) is 2.11. The highest BCUT2D eigenvalue weighted by Gasteiger charge is 2.20. The normalized spacial score (nSPS) is 14.9. The summed E-state index contributed by atoms with van der Waals surface area (Å²) in [6, 6.07) is -0.188. The summed E-state index contributed by atoms with van der Waals surface area (Å²) in [6.45, 7) is 7.85. The van der Waals surface area contributed by atoms with Crippen molar-refractivity contribution in [3.8, 4) is 0 Å². The van der Waals surface area contributed by atoms with Gasteiger partial charge in [0.2, 0.25) is 5.91 Å². The molecule has 3 nitrogen and oxygen atoms in total. The summed E-state index contributed by atoms with van der Waals surface area (Å²) < 4.78 is 0. The van der Waals surface area contributed by atoms with E-state index in [0.29, 0.717) is 4.99 Å². The third-order valence-corrected chi connectivity index (χ3v) is 2.58. The average molecular weight is 216 g/mol. The molecule has 0 aromatic rings. The molecule has 0 radical (unpaired) electrons. The summed E-state index contributed by atoms with van der Waals surface area (Å²) in [5, 5.41) is 2.86. The Kier molecular flexibility index (Phi) is 5.69. The van der Waals surface area contributed by atoms with Gasteiger partial charge in [0.05, 0.1) is 11.0 Å². The molecule has 0 spiro atoms. The predicted molar refractivity (Wildman–Crippen MR) is 63.0 cm³/mol. The van der Waals surface area contributed by atoms with Gasteiger partial charge in [0.1, 0.15) is 0 Å². The predicted octanol–water partition coefficient (Wildman–Crippen LogP) is 1.46. The first kappa shape index (κ1) is 13.4. The summed E-state index contributed by atoms with van der Waals surface area (Å²) in [6.07, 6.45) is 0.827. The Morgan fingerprint density at radius 2 is 1.93 bits per heavy atom. The van der Waals surface area contributed by atoms with Crippen molar-refractivity contribution in [3.05, 3.63) is 0 Å². The molecule has 0 saturated carbocycles. The number of hydrogen-bond donors (Lipinski definition) is 2. The molecule has 0 aromatic heterocycles. The fourth-order valence-corrected chi connectivity index (χ4v) is 1.38. The molecule has 2 unspecified atom stereocenters. The number of carbonyl (C=O) groups excluding carboxylic acids is 1. The summed E-state index contributed by atoms with van der Waals surface area (Å²) in [5.41, 5.74) is 5.54. The molecule has 14 heavy (non-hydrogen) atoms. The molecule has 0 aliphatic heterocycles. The molecule has 0 saturated heterocycles. The van der Waals surface area contributed by atoms with Crippen molar-refractivity contribution in [2.24, 2.45) is 17.6 Å². The zero-order chi connectivity index (χ0) is 11.3. The fourth-order valence-electron chi connectivity index (χ4n) is 1.05. The van der Waals surface area contributed by atoms with Crippen LogP contribution in [0.1, 0.15) is 34.1 Å². The number of nitrogens with two attached hydrogens (primary N) is 1. The number of nitrogens with one attached hydrogen (secondary N) is 1. The second kappa shape index (κ2) is 5.96. The van der Waals surface area contributed by atoms with Gasteiger partial charge in [-0.3, -0.25) is 4.79 Å². The van der Waals surface area contributed by atoms with Gasteiger partial charge in [0.25, 0.3) is 0 Å². The van der Waals surface area contributed by atoms with E-state index in [0.717, 1.165) is 6.42 Å².